The van der Waals surface area contributed by atoms with Gasteiger partial charge in [-0.15, -0.1) is 0 Å². The Labute approximate surface area is 144 Å². The number of benzene rings is 3. The summed E-state index contributed by atoms with van der Waals surface area (Å²) >= 11 is 1.60. The van der Waals surface area contributed by atoms with Gasteiger partial charge < -0.3 is 4.42 Å². The van der Waals surface area contributed by atoms with E-state index < -0.39 is 0 Å². The van der Waals surface area contributed by atoms with Gasteiger partial charge in [-0.3, -0.25) is 0 Å². The lowest BCUT2D eigenvalue weighted by molar-refractivity contribution is 0.624. The molecule has 24 heavy (non-hydrogen) atoms. The van der Waals surface area contributed by atoms with Crippen molar-refractivity contribution in [3.63, 3.8) is 0 Å². The van der Waals surface area contributed by atoms with Gasteiger partial charge in [-0.05, 0) is 43.3 Å². The molecule has 0 bridgehead atoms. The van der Waals surface area contributed by atoms with E-state index in [0.717, 1.165) is 32.1 Å². The second-order valence-electron chi connectivity index (χ2n) is 5.68. The van der Waals surface area contributed by atoms with Gasteiger partial charge in [0.1, 0.15) is 17.2 Å². The standard InChI is InChI=1S/C21H15FOS/c1-14-7-12-19-18(13-14)21(24-17-10-8-16(22)9-11-17)20(23-19)15-5-3-2-4-6-15/h2-13H,1H3. The first kappa shape index (κ1) is 15.0. The van der Waals surface area contributed by atoms with Crippen LogP contribution in [0.5, 0.6) is 0 Å². The van der Waals surface area contributed by atoms with Gasteiger partial charge in [0.15, 0.2) is 0 Å². The third-order valence-corrected chi connectivity index (χ3v) is 4.98. The molecular weight excluding hydrogens is 319 g/mol. The molecule has 118 valence electrons. The van der Waals surface area contributed by atoms with Gasteiger partial charge in [0, 0.05) is 15.8 Å². The van der Waals surface area contributed by atoms with Crippen LogP contribution in [-0.2, 0) is 0 Å². The van der Waals surface area contributed by atoms with Crippen LogP contribution in [0.15, 0.2) is 87.0 Å². The minimum absolute atomic E-state index is 0.226. The van der Waals surface area contributed by atoms with Crippen molar-refractivity contribution in [1.82, 2.24) is 0 Å². The van der Waals surface area contributed by atoms with Crippen LogP contribution >= 0.6 is 11.8 Å². The molecule has 0 spiro atoms. The first-order valence-corrected chi connectivity index (χ1v) is 8.54. The van der Waals surface area contributed by atoms with Crippen LogP contribution in [-0.4, -0.2) is 0 Å². The van der Waals surface area contributed by atoms with E-state index in [9.17, 15) is 4.39 Å². The quantitative estimate of drug-likeness (QED) is 0.413. The second-order valence-corrected chi connectivity index (χ2v) is 6.77. The van der Waals surface area contributed by atoms with Gasteiger partial charge in [-0.2, -0.15) is 0 Å². The summed E-state index contributed by atoms with van der Waals surface area (Å²) in [6.45, 7) is 2.07. The number of hydrogen-bond donors (Lipinski definition) is 0. The molecule has 0 N–H and O–H groups in total. The SMILES string of the molecule is Cc1ccc2oc(-c3ccccc3)c(Sc3ccc(F)cc3)c2c1. The number of furan rings is 1. The summed E-state index contributed by atoms with van der Waals surface area (Å²) in [6, 6.07) is 22.8. The van der Waals surface area contributed by atoms with Crippen molar-refractivity contribution in [3.8, 4) is 11.3 Å². The summed E-state index contributed by atoms with van der Waals surface area (Å²) in [6.07, 6.45) is 0. The van der Waals surface area contributed by atoms with Gasteiger partial charge in [-0.1, -0.05) is 53.7 Å². The Kier molecular flexibility index (Phi) is 3.87. The van der Waals surface area contributed by atoms with Gasteiger partial charge >= 0.3 is 0 Å². The average molecular weight is 334 g/mol. The Hall–Kier alpha value is -2.52. The summed E-state index contributed by atoms with van der Waals surface area (Å²) in [7, 11) is 0. The molecule has 1 heterocycles. The Morgan fingerprint density at radius 3 is 2.38 bits per heavy atom. The maximum atomic E-state index is 13.2. The summed E-state index contributed by atoms with van der Waals surface area (Å²) in [5.41, 5.74) is 3.09. The Bertz CT molecular complexity index is 988. The third-order valence-electron chi connectivity index (χ3n) is 3.87. The van der Waals surface area contributed by atoms with Gasteiger partial charge in [-0.25, -0.2) is 4.39 Å². The van der Waals surface area contributed by atoms with Crippen molar-refractivity contribution < 1.29 is 8.81 Å². The lowest BCUT2D eigenvalue weighted by atomic mass is 10.1. The topological polar surface area (TPSA) is 13.1 Å². The zero-order valence-electron chi connectivity index (χ0n) is 13.1. The predicted molar refractivity (Wildman–Crippen MR) is 96.9 cm³/mol. The fraction of sp³-hybridized carbons (Fsp3) is 0.0476. The van der Waals surface area contributed by atoms with Gasteiger partial charge in [0.05, 0.1) is 4.90 Å². The minimum Gasteiger partial charge on any atom is -0.455 e. The zero-order valence-corrected chi connectivity index (χ0v) is 13.9. The highest BCUT2D eigenvalue weighted by molar-refractivity contribution is 7.99. The lowest BCUT2D eigenvalue weighted by Crippen LogP contribution is -1.79. The average Bonchev–Trinajstić information content (AvgIpc) is 2.95. The van der Waals surface area contributed by atoms with E-state index in [1.165, 1.54) is 17.7 Å². The molecule has 0 aliphatic rings. The lowest BCUT2D eigenvalue weighted by Gasteiger charge is -2.04. The van der Waals surface area contributed by atoms with Crippen LogP contribution in [0, 0.1) is 12.7 Å². The van der Waals surface area contributed by atoms with Crippen molar-refractivity contribution >= 4 is 22.7 Å². The fourth-order valence-corrected chi connectivity index (χ4v) is 3.72. The van der Waals surface area contributed by atoms with Crippen LogP contribution in [0.3, 0.4) is 0 Å². The van der Waals surface area contributed by atoms with E-state index in [0.29, 0.717) is 0 Å². The Morgan fingerprint density at radius 1 is 0.875 bits per heavy atom. The van der Waals surface area contributed by atoms with E-state index >= 15 is 0 Å². The molecule has 4 rings (SSSR count). The molecule has 3 heteroatoms. The van der Waals surface area contributed by atoms with E-state index in [-0.39, 0.29) is 5.82 Å². The maximum absolute atomic E-state index is 13.2. The van der Waals surface area contributed by atoms with Gasteiger partial charge in [0.2, 0.25) is 0 Å². The third kappa shape index (κ3) is 2.83. The van der Waals surface area contributed by atoms with Crippen molar-refractivity contribution in [2.24, 2.45) is 0 Å². The smallest absolute Gasteiger partial charge is 0.149 e. The summed E-state index contributed by atoms with van der Waals surface area (Å²) in [4.78, 5) is 2.05. The molecule has 1 nitrogen and oxygen atoms in total. The Balaban J connectivity index is 1.90. The van der Waals surface area contributed by atoms with Crippen molar-refractivity contribution in [1.29, 1.82) is 0 Å². The molecular formula is C21H15FOS. The molecule has 3 aromatic carbocycles. The normalized spacial score (nSPS) is 11.1. The molecule has 0 aliphatic heterocycles. The molecule has 0 aliphatic carbocycles. The molecule has 0 atom stereocenters. The number of rotatable bonds is 3. The first-order valence-electron chi connectivity index (χ1n) is 7.73. The van der Waals surface area contributed by atoms with E-state index in [4.69, 9.17) is 4.42 Å². The van der Waals surface area contributed by atoms with Crippen LogP contribution in [0.2, 0.25) is 0 Å². The maximum Gasteiger partial charge on any atom is 0.149 e. The highest BCUT2D eigenvalue weighted by atomic mass is 32.2. The molecule has 0 saturated carbocycles. The summed E-state index contributed by atoms with van der Waals surface area (Å²) < 4.78 is 19.3. The largest absolute Gasteiger partial charge is 0.455 e. The van der Waals surface area contributed by atoms with Crippen molar-refractivity contribution in [2.45, 2.75) is 16.7 Å². The number of aryl methyl sites for hydroxylation is 1. The molecule has 4 aromatic rings. The number of fused-ring (bicyclic) bond motifs is 1. The van der Waals surface area contributed by atoms with Crippen LogP contribution in [0.4, 0.5) is 4.39 Å². The van der Waals surface area contributed by atoms with Crippen LogP contribution in [0.25, 0.3) is 22.3 Å². The zero-order chi connectivity index (χ0) is 16.5. The highest BCUT2D eigenvalue weighted by Crippen LogP contribution is 2.43. The fourth-order valence-electron chi connectivity index (χ4n) is 2.69. The minimum atomic E-state index is -0.226. The van der Waals surface area contributed by atoms with Crippen molar-refractivity contribution in [2.75, 3.05) is 0 Å². The Morgan fingerprint density at radius 2 is 1.62 bits per heavy atom. The molecule has 0 amide bonds. The predicted octanol–water partition coefficient (Wildman–Crippen LogP) is 6.70. The molecule has 0 radical (unpaired) electrons. The van der Waals surface area contributed by atoms with Gasteiger partial charge in [0.25, 0.3) is 0 Å². The summed E-state index contributed by atoms with van der Waals surface area (Å²) in [5.74, 6) is 0.626. The monoisotopic (exact) mass is 334 g/mol. The second kappa shape index (κ2) is 6.17. The van der Waals surface area contributed by atoms with Crippen LogP contribution < -0.4 is 0 Å². The van der Waals surface area contributed by atoms with E-state index in [1.54, 1.807) is 23.9 Å². The molecule has 0 unspecified atom stereocenters. The highest BCUT2D eigenvalue weighted by Gasteiger charge is 2.17. The molecule has 1 aromatic heterocycles. The molecule has 0 fully saturated rings. The van der Waals surface area contributed by atoms with E-state index in [2.05, 4.69) is 13.0 Å². The van der Waals surface area contributed by atoms with E-state index in [1.807, 2.05) is 42.5 Å². The first-order chi connectivity index (χ1) is 11.7. The van der Waals surface area contributed by atoms with Crippen LogP contribution in [0.1, 0.15) is 5.56 Å². The number of hydrogen-bond acceptors (Lipinski definition) is 2. The number of halogens is 1. The molecule has 0 saturated heterocycles. The van der Waals surface area contributed by atoms with Crippen molar-refractivity contribution in [3.05, 3.63) is 84.2 Å². The summed E-state index contributed by atoms with van der Waals surface area (Å²) in [5, 5.41) is 1.09.